The van der Waals surface area contributed by atoms with E-state index in [2.05, 4.69) is 88.7 Å². The number of hydrogen-bond acceptors (Lipinski definition) is 1. The van der Waals surface area contributed by atoms with Gasteiger partial charge >= 0.3 is 0 Å². The van der Waals surface area contributed by atoms with Crippen LogP contribution in [0.4, 0.5) is 0 Å². The van der Waals surface area contributed by atoms with Crippen LogP contribution in [-0.4, -0.2) is 0 Å². The van der Waals surface area contributed by atoms with Crippen LogP contribution in [0.1, 0.15) is 0 Å². The minimum absolute atomic E-state index is 0.926. The molecule has 0 saturated carbocycles. The quantitative estimate of drug-likeness (QED) is 0.297. The summed E-state index contributed by atoms with van der Waals surface area (Å²) >= 11 is 3.69. The minimum atomic E-state index is 0.926. The van der Waals surface area contributed by atoms with Crippen molar-refractivity contribution in [1.82, 2.24) is 0 Å². The average Bonchev–Trinajstić information content (AvgIpc) is 3.08. The molecule has 1 heterocycles. The molecule has 0 aliphatic carbocycles. The fourth-order valence-corrected chi connectivity index (χ4v) is 3.98. The van der Waals surface area contributed by atoms with Gasteiger partial charge in [-0.15, -0.1) is 0 Å². The van der Waals surface area contributed by atoms with Gasteiger partial charge in [0.25, 0.3) is 0 Å². The molecule has 0 atom stereocenters. The van der Waals surface area contributed by atoms with Gasteiger partial charge < -0.3 is 4.42 Å². The van der Waals surface area contributed by atoms with Crippen LogP contribution in [0.25, 0.3) is 44.2 Å². The van der Waals surface area contributed by atoms with E-state index in [1.807, 2.05) is 18.2 Å². The van der Waals surface area contributed by atoms with Gasteiger partial charge in [0.1, 0.15) is 11.2 Å². The van der Waals surface area contributed by atoms with Gasteiger partial charge in [-0.1, -0.05) is 88.7 Å². The summed E-state index contributed by atoms with van der Waals surface area (Å²) in [5, 5.41) is 2.31. The Labute approximate surface area is 160 Å². The van der Waals surface area contributed by atoms with Gasteiger partial charge in [0, 0.05) is 20.8 Å². The number of halogens is 1. The molecule has 0 bridgehead atoms. The van der Waals surface area contributed by atoms with Gasteiger partial charge in [0.15, 0.2) is 0 Å². The maximum Gasteiger partial charge on any atom is 0.143 e. The minimum Gasteiger partial charge on any atom is -0.455 e. The third-order valence-corrected chi connectivity index (χ3v) is 5.46. The predicted octanol–water partition coefficient (Wildman–Crippen LogP) is 7.68. The maximum absolute atomic E-state index is 6.20. The Morgan fingerprint density at radius 1 is 0.577 bits per heavy atom. The zero-order chi connectivity index (χ0) is 17.5. The lowest BCUT2D eigenvalue weighted by Gasteiger charge is -2.09. The third kappa shape index (κ3) is 2.46. The first-order chi connectivity index (χ1) is 12.8. The van der Waals surface area contributed by atoms with Crippen molar-refractivity contribution >= 4 is 37.9 Å². The maximum atomic E-state index is 6.20. The molecule has 0 unspecified atom stereocenters. The zero-order valence-corrected chi connectivity index (χ0v) is 15.5. The second-order valence-corrected chi connectivity index (χ2v) is 7.20. The van der Waals surface area contributed by atoms with Crippen molar-refractivity contribution in [3.63, 3.8) is 0 Å². The standard InChI is InChI=1S/C24H15BrO/c25-22-14-13-17(15-21(22)16-7-2-1-3-8-16)18-10-6-11-20-19-9-4-5-12-23(19)26-24(18)20/h1-15H. The summed E-state index contributed by atoms with van der Waals surface area (Å²) in [5.41, 5.74) is 6.50. The highest BCUT2D eigenvalue weighted by Gasteiger charge is 2.13. The Kier molecular flexibility index (Phi) is 3.65. The molecule has 0 saturated heterocycles. The van der Waals surface area contributed by atoms with Crippen LogP contribution in [0.3, 0.4) is 0 Å². The van der Waals surface area contributed by atoms with E-state index in [4.69, 9.17) is 4.42 Å². The van der Waals surface area contributed by atoms with Gasteiger partial charge in [0.05, 0.1) is 0 Å². The fourth-order valence-electron chi connectivity index (χ4n) is 3.51. The molecule has 1 aromatic heterocycles. The van der Waals surface area contributed by atoms with Crippen molar-refractivity contribution < 1.29 is 4.42 Å². The molecule has 4 aromatic carbocycles. The number of hydrogen-bond donors (Lipinski definition) is 0. The summed E-state index contributed by atoms with van der Waals surface area (Å²) in [5.74, 6) is 0. The SMILES string of the molecule is Brc1ccc(-c2cccc3c2oc2ccccc23)cc1-c1ccccc1. The molecule has 5 aromatic rings. The van der Waals surface area contributed by atoms with Gasteiger partial charge in [-0.2, -0.15) is 0 Å². The van der Waals surface area contributed by atoms with Crippen molar-refractivity contribution in [2.24, 2.45) is 0 Å². The molecule has 26 heavy (non-hydrogen) atoms. The molecule has 0 amide bonds. The largest absolute Gasteiger partial charge is 0.455 e. The van der Waals surface area contributed by atoms with Crippen molar-refractivity contribution in [3.05, 3.63) is 95.5 Å². The molecule has 0 N–H and O–H groups in total. The number of furan rings is 1. The number of benzene rings is 4. The average molecular weight is 399 g/mol. The smallest absolute Gasteiger partial charge is 0.143 e. The summed E-state index contributed by atoms with van der Waals surface area (Å²) < 4.78 is 7.29. The second-order valence-electron chi connectivity index (χ2n) is 6.34. The molecule has 1 nitrogen and oxygen atoms in total. The first-order valence-electron chi connectivity index (χ1n) is 8.57. The van der Waals surface area contributed by atoms with E-state index in [1.54, 1.807) is 0 Å². The summed E-state index contributed by atoms with van der Waals surface area (Å²) in [6, 6.07) is 31.5. The van der Waals surface area contributed by atoms with E-state index >= 15 is 0 Å². The summed E-state index contributed by atoms with van der Waals surface area (Å²) in [6.07, 6.45) is 0. The van der Waals surface area contributed by atoms with Crippen molar-refractivity contribution in [2.75, 3.05) is 0 Å². The van der Waals surface area contributed by atoms with E-state index in [-0.39, 0.29) is 0 Å². The molecule has 2 heteroatoms. The highest BCUT2D eigenvalue weighted by Crippen LogP contribution is 2.38. The number of fused-ring (bicyclic) bond motifs is 3. The Balaban J connectivity index is 1.76. The fraction of sp³-hybridized carbons (Fsp3) is 0. The molecule has 0 aliphatic rings. The van der Waals surface area contributed by atoms with Gasteiger partial charge in [-0.3, -0.25) is 0 Å². The predicted molar refractivity (Wildman–Crippen MR) is 112 cm³/mol. The third-order valence-electron chi connectivity index (χ3n) is 4.77. The lowest BCUT2D eigenvalue weighted by atomic mass is 9.98. The lowest BCUT2D eigenvalue weighted by molar-refractivity contribution is 0.670. The highest BCUT2D eigenvalue weighted by molar-refractivity contribution is 9.10. The summed E-state index contributed by atoms with van der Waals surface area (Å²) in [4.78, 5) is 0. The summed E-state index contributed by atoms with van der Waals surface area (Å²) in [7, 11) is 0. The van der Waals surface area contributed by atoms with E-state index in [9.17, 15) is 0 Å². The first-order valence-corrected chi connectivity index (χ1v) is 9.36. The Hall–Kier alpha value is -2.84. The van der Waals surface area contributed by atoms with E-state index in [1.165, 1.54) is 11.1 Å². The van der Waals surface area contributed by atoms with E-state index < -0.39 is 0 Å². The molecule has 0 spiro atoms. The van der Waals surface area contributed by atoms with Crippen molar-refractivity contribution in [3.8, 4) is 22.3 Å². The first kappa shape index (κ1) is 15.4. The van der Waals surface area contributed by atoms with Crippen LogP contribution >= 0.6 is 15.9 Å². The monoisotopic (exact) mass is 398 g/mol. The molecular weight excluding hydrogens is 384 g/mol. The summed E-state index contributed by atoms with van der Waals surface area (Å²) in [6.45, 7) is 0. The molecule has 5 rings (SSSR count). The van der Waals surface area contributed by atoms with Crippen LogP contribution in [0.15, 0.2) is 99.9 Å². The number of rotatable bonds is 2. The second kappa shape index (κ2) is 6.15. The molecule has 124 valence electrons. The van der Waals surface area contributed by atoms with Crippen LogP contribution in [0, 0.1) is 0 Å². The Morgan fingerprint density at radius 2 is 1.35 bits per heavy atom. The highest BCUT2D eigenvalue weighted by atomic mass is 79.9. The normalized spacial score (nSPS) is 11.3. The Morgan fingerprint density at radius 3 is 2.23 bits per heavy atom. The van der Waals surface area contributed by atoms with Gasteiger partial charge in [-0.25, -0.2) is 0 Å². The van der Waals surface area contributed by atoms with E-state index in [0.717, 1.165) is 37.5 Å². The van der Waals surface area contributed by atoms with Crippen LogP contribution < -0.4 is 0 Å². The van der Waals surface area contributed by atoms with Crippen molar-refractivity contribution in [2.45, 2.75) is 0 Å². The van der Waals surface area contributed by atoms with Crippen LogP contribution in [0.5, 0.6) is 0 Å². The van der Waals surface area contributed by atoms with Crippen LogP contribution in [-0.2, 0) is 0 Å². The van der Waals surface area contributed by atoms with Gasteiger partial charge in [0.2, 0.25) is 0 Å². The van der Waals surface area contributed by atoms with Crippen LogP contribution in [0.2, 0.25) is 0 Å². The molecular formula is C24H15BrO. The molecule has 0 radical (unpaired) electrons. The molecule has 0 fully saturated rings. The lowest BCUT2D eigenvalue weighted by Crippen LogP contribution is -1.84. The molecule has 0 aliphatic heterocycles. The van der Waals surface area contributed by atoms with Crippen molar-refractivity contribution in [1.29, 1.82) is 0 Å². The van der Waals surface area contributed by atoms with Gasteiger partial charge in [-0.05, 0) is 34.9 Å². The van der Waals surface area contributed by atoms with E-state index in [0.29, 0.717) is 0 Å². The Bertz CT molecular complexity index is 1240. The topological polar surface area (TPSA) is 13.1 Å². The zero-order valence-electron chi connectivity index (χ0n) is 13.9. The number of para-hydroxylation sites is 2.